The van der Waals surface area contributed by atoms with Gasteiger partial charge in [0.15, 0.2) is 16.4 Å². The van der Waals surface area contributed by atoms with Gasteiger partial charge in [-0.15, -0.1) is 0 Å². The molecule has 0 fully saturated rings. The number of ether oxygens (including phenoxy) is 1. The number of aromatic nitrogens is 1. The summed E-state index contributed by atoms with van der Waals surface area (Å²) in [6, 6.07) is 9.49. The Bertz CT molecular complexity index is 714. The molecule has 1 heterocycles. The van der Waals surface area contributed by atoms with Crippen LogP contribution in [0, 0.1) is 0 Å². The van der Waals surface area contributed by atoms with Gasteiger partial charge in [0.1, 0.15) is 5.75 Å². The zero-order valence-electron chi connectivity index (χ0n) is 11.2. The summed E-state index contributed by atoms with van der Waals surface area (Å²) in [7, 11) is -1.43. The molecule has 6 heteroatoms. The minimum Gasteiger partial charge on any atom is -0.485 e. The lowest BCUT2D eigenvalue weighted by molar-refractivity contribution is 0.0913. The summed E-state index contributed by atoms with van der Waals surface area (Å²) in [5.74, 6) is 0.324. The number of carbonyl (C=O) groups is 1. The second-order valence-corrected chi connectivity index (χ2v) is 6.48. The van der Waals surface area contributed by atoms with Gasteiger partial charge in [-0.2, -0.15) is 0 Å². The molecule has 0 radical (unpaired) electrons. The van der Waals surface area contributed by atoms with E-state index in [1.807, 2.05) is 0 Å². The normalized spacial score (nSPS) is 11.3. The number of sulfone groups is 1. The molecule has 0 aliphatic rings. The second kappa shape index (κ2) is 5.50. The molecule has 2 rings (SSSR count). The molecule has 0 bridgehead atoms. The number of hydrogen-bond acceptors (Lipinski definition) is 4. The van der Waals surface area contributed by atoms with Crippen LogP contribution in [0.25, 0.3) is 0 Å². The Balaban J connectivity index is 2.02. The van der Waals surface area contributed by atoms with Crippen LogP contribution < -0.4 is 4.74 Å². The predicted molar refractivity (Wildman–Crippen MR) is 74.8 cm³/mol. The van der Waals surface area contributed by atoms with Crippen molar-refractivity contribution in [2.24, 2.45) is 7.05 Å². The number of benzene rings is 1. The Hall–Kier alpha value is -2.08. The van der Waals surface area contributed by atoms with E-state index in [1.54, 1.807) is 29.9 Å². The molecule has 0 saturated carbocycles. The Labute approximate surface area is 117 Å². The lowest BCUT2D eigenvalue weighted by Crippen LogP contribution is -2.14. The maximum absolute atomic E-state index is 11.9. The highest BCUT2D eigenvalue weighted by molar-refractivity contribution is 7.90. The SMILES string of the molecule is Cn1cccc1C(=O)COc1ccc(S(C)(=O)=O)cc1. The van der Waals surface area contributed by atoms with Gasteiger partial charge in [0.25, 0.3) is 0 Å². The molecule has 0 saturated heterocycles. The number of carbonyl (C=O) groups excluding carboxylic acids is 1. The maximum atomic E-state index is 11.9. The smallest absolute Gasteiger partial charge is 0.216 e. The third-order valence-electron chi connectivity index (χ3n) is 2.85. The van der Waals surface area contributed by atoms with E-state index in [0.29, 0.717) is 11.4 Å². The fraction of sp³-hybridized carbons (Fsp3) is 0.214. The third kappa shape index (κ3) is 3.27. The first-order valence-corrected chi connectivity index (χ1v) is 7.84. The van der Waals surface area contributed by atoms with E-state index in [0.717, 1.165) is 6.26 Å². The van der Waals surface area contributed by atoms with Gasteiger partial charge >= 0.3 is 0 Å². The molecule has 1 aromatic carbocycles. The molecule has 106 valence electrons. The maximum Gasteiger partial charge on any atom is 0.216 e. The minimum absolute atomic E-state index is 0.0872. The molecular formula is C14H15NO4S. The summed E-state index contributed by atoms with van der Waals surface area (Å²) in [5, 5.41) is 0. The summed E-state index contributed by atoms with van der Waals surface area (Å²) < 4.78 is 29.7. The monoisotopic (exact) mass is 293 g/mol. The Morgan fingerprint density at radius 2 is 1.85 bits per heavy atom. The average molecular weight is 293 g/mol. The first kappa shape index (κ1) is 14.3. The number of nitrogens with zero attached hydrogens (tertiary/aromatic N) is 1. The van der Waals surface area contributed by atoms with Gasteiger partial charge in [-0.25, -0.2) is 8.42 Å². The fourth-order valence-electron chi connectivity index (χ4n) is 1.76. The summed E-state index contributed by atoms with van der Waals surface area (Å²) >= 11 is 0. The van der Waals surface area contributed by atoms with Crippen LogP contribution in [-0.2, 0) is 16.9 Å². The van der Waals surface area contributed by atoms with Gasteiger partial charge in [-0.05, 0) is 36.4 Å². The summed E-state index contributed by atoms with van der Waals surface area (Å²) in [6.45, 7) is -0.0872. The molecule has 20 heavy (non-hydrogen) atoms. The van der Waals surface area contributed by atoms with Crippen LogP contribution in [0.3, 0.4) is 0 Å². The van der Waals surface area contributed by atoms with Crippen molar-refractivity contribution in [1.29, 1.82) is 0 Å². The van der Waals surface area contributed by atoms with Gasteiger partial charge in [0.05, 0.1) is 10.6 Å². The molecule has 2 aromatic rings. The summed E-state index contributed by atoms with van der Waals surface area (Å²) in [5.41, 5.74) is 0.567. The Kier molecular flexibility index (Phi) is 3.94. The Morgan fingerprint density at radius 1 is 1.20 bits per heavy atom. The van der Waals surface area contributed by atoms with Gasteiger partial charge in [0, 0.05) is 19.5 Å². The minimum atomic E-state index is -3.22. The van der Waals surface area contributed by atoms with E-state index in [2.05, 4.69) is 0 Å². The topological polar surface area (TPSA) is 65.4 Å². The van der Waals surface area contributed by atoms with Crippen molar-refractivity contribution in [1.82, 2.24) is 4.57 Å². The lowest BCUT2D eigenvalue weighted by atomic mass is 10.3. The molecule has 5 nitrogen and oxygen atoms in total. The van der Waals surface area contributed by atoms with Crippen molar-refractivity contribution in [3.63, 3.8) is 0 Å². The lowest BCUT2D eigenvalue weighted by Gasteiger charge is -2.07. The zero-order valence-corrected chi connectivity index (χ0v) is 12.1. The molecule has 0 N–H and O–H groups in total. The standard InChI is InChI=1S/C14H15NO4S/c1-15-9-3-4-13(15)14(16)10-19-11-5-7-12(8-6-11)20(2,17)18/h3-9H,10H2,1-2H3. The van der Waals surface area contributed by atoms with E-state index in [4.69, 9.17) is 4.74 Å². The van der Waals surface area contributed by atoms with Crippen molar-refractivity contribution < 1.29 is 17.9 Å². The number of ketones is 1. The van der Waals surface area contributed by atoms with Gasteiger partial charge < -0.3 is 9.30 Å². The number of aryl methyl sites for hydroxylation is 1. The van der Waals surface area contributed by atoms with Crippen molar-refractivity contribution in [3.05, 3.63) is 48.3 Å². The first-order valence-electron chi connectivity index (χ1n) is 5.95. The fourth-order valence-corrected chi connectivity index (χ4v) is 2.39. The summed E-state index contributed by atoms with van der Waals surface area (Å²) in [6.07, 6.45) is 2.93. The number of rotatable bonds is 5. The zero-order chi connectivity index (χ0) is 14.8. The van der Waals surface area contributed by atoms with Crippen LogP contribution in [0.4, 0.5) is 0 Å². The molecule has 1 aromatic heterocycles. The highest BCUT2D eigenvalue weighted by Crippen LogP contribution is 2.16. The molecule has 0 amide bonds. The largest absolute Gasteiger partial charge is 0.485 e. The highest BCUT2D eigenvalue weighted by Gasteiger charge is 2.10. The van der Waals surface area contributed by atoms with Crippen molar-refractivity contribution >= 4 is 15.6 Å². The predicted octanol–water partition coefficient (Wildman–Crippen LogP) is 1.69. The van der Waals surface area contributed by atoms with Gasteiger partial charge in [-0.3, -0.25) is 4.79 Å². The van der Waals surface area contributed by atoms with E-state index < -0.39 is 9.84 Å². The van der Waals surface area contributed by atoms with Crippen molar-refractivity contribution in [2.75, 3.05) is 12.9 Å². The van der Waals surface area contributed by atoms with E-state index in [9.17, 15) is 13.2 Å². The average Bonchev–Trinajstić information content (AvgIpc) is 2.82. The quantitative estimate of drug-likeness (QED) is 0.787. The van der Waals surface area contributed by atoms with Gasteiger partial charge in [-0.1, -0.05) is 0 Å². The van der Waals surface area contributed by atoms with Crippen LogP contribution in [0.5, 0.6) is 5.75 Å². The van der Waals surface area contributed by atoms with Crippen LogP contribution in [-0.4, -0.2) is 31.6 Å². The Morgan fingerprint density at radius 3 is 2.35 bits per heavy atom. The third-order valence-corrected chi connectivity index (χ3v) is 3.98. The van der Waals surface area contributed by atoms with E-state index in [1.165, 1.54) is 24.3 Å². The first-order chi connectivity index (χ1) is 9.38. The van der Waals surface area contributed by atoms with E-state index >= 15 is 0 Å². The molecule has 0 unspecified atom stereocenters. The van der Waals surface area contributed by atoms with Crippen LogP contribution in [0.15, 0.2) is 47.5 Å². The van der Waals surface area contributed by atoms with E-state index in [-0.39, 0.29) is 17.3 Å². The highest BCUT2D eigenvalue weighted by atomic mass is 32.2. The molecule has 0 aliphatic carbocycles. The molecular weight excluding hydrogens is 278 g/mol. The number of Topliss-reactive ketones (excluding diaryl/α,β-unsaturated/α-hetero) is 1. The van der Waals surface area contributed by atoms with Crippen molar-refractivity contribution in [2.45, 2.75) is 4.90 Å². The molecule has 0 spiro atoms. The van der Waals surface area contributed by atoms with Crippen LogP contribution in [0.2, 0.25) is 0 Å². The molecule has 0 aliphatic heterocycles. The number of hydrogen-bond donors (Lipinski definition) is 0. The van der Waals surface area contributed by atoms with Crippen LogP contribution in [0.1, 0.15) is 10.5 Å². The molecule has 0 atom stereocenters. The second-order valence-electron chi connectivity index (χ2n) is 4.46. The summed E-state index contributed by atoms with van der Waals surface area (Å²) in [4.78, 5) is 12.1. The van der Waals surface area contributed by atoms with Crippen molar-refractivity contribution in [3.8, 4) is 5.75 Å². The van der Waals surface area contributed by atoms with Gasteiger partial charge in [0.2, 0.25) is 5.78 Å². The van der Waals surface area contributed by atoms with Crippen LogP contribution >= 0.6 is 0 Å².